The third-order valence-electron chi connectivity index (χ3n) is 6.45. The van der Waals surface area contributed by atoms with E-state index in [4.69, 9.17) is 4.74 Å². The van der Waals surface area contributed by atoms with Crippen molar-refractivity contribution in [3.05, 3.63) is 77.9 Å². The predicted molar refractivity (Wildman–Crippen MR) is 159 cm³/mol. The Kier molecular flexibility index (Phi) is 10.3. The van der Waals surface area contributed by atoms with Crippen LogP contribution in [0.2, 0.25) is 0 Å². The standard InChI is InChI=1S/C30H35N5O6S/c1-20(2)41-29(38)25(35-42(39,40)26-10-5-8-22-7-3-4-9-24(22)26)19-33-28(37)23-14-11-21(12-15-23)13-16-27(36)34-30-31-17-6-18-32-30/h3-5,7-12,14-15,20,25,35H,6,13,16-19H2,1-2H3,(H,33,37)(H2,31,32,34,36)/t25-/m0/s1. The van der Waals surface area contributed by atoms with E-state index >= 15 is 0 Å². The number of hydrogen-bond acceptors (Lipinski definition) is 8. The van der Waals surface area contributed by atoms with E-state index in [1.54, 1.807) is 74.5 Å². The van der Waals surface area contributed by atoms with Gasteiger partial charge in [0.15, 0.2) is 5.96 Å². The minimum atomic E-state index is -4.15. The molecule has 3 aromatic carbocycles. The first-order valence-electron chi connectivity index (χ1n) is 13.8. The van der Waals surface area contributed by atoms with Crippen LogP contribution in [0.4, 0.5) is 0 Å². The van der Waals surface area contributed by atoms with Crippen molar-refractivity contribution in [3.63, 3.8) is 0 Å². The molecule has 0 saturated heterocycles. The lowest BCUT2D eigenvalue weighted by molar-refractivity contribution is -0.149. The highest BCUT2D eigenvalue weighted by atomic mass is 32.2. The number of hydrogen-bond donors (Lipinski definition) is 4. The van der Waals surface area contributed by atoms with Crippen molar-refractivity contribution in [2.24, 2.45) is 4.99 Å². The zero-order valence-electron chi connectivity index (χ0n) is 23.6. The van der Waals surface area contributed by atoms with E-state index in [0.29, 0.717) is 29.9 Å². The fraction of sp³-hybridized carbons (Fsp3) is 0.333. The summed E-state index contributed by atoms with van der Waals surface area (Å²) in [6.45, 7) is 4.44. The number of amides is 2. The lowest BCUT2D eigenvalue weighted by Gasteiger charge is -2.20. The van der Waals surface area contributed by atoms with Crippen LogP contribution >= 0.6 is 0 Å². The molecule has 4 N–H and O–H groups in total. The molecule has 0 fully saturated rings. The lowest BCUT2D eigenvalue weighted by Crippen LogP contribution is -2.49. The van der Waals surface area contributed by atoms with E-state index in [1.165, 1.54) is 6.07 Å². The van der Waals surface area contributed by atoms with Gasteiger partial charge in [-0.05, 0) is 55.8 Å². The molecule has 222 valence electrons. The number of esters is 1. The monoisotopic (exact) mass is 593 g/mol. The third-order valence-corrected chi connectivity index (χ3v) is 7.98. The van der Waals surface area contributed by atoms with Crippen LogP contribution in [0.3, 0.4) is 0 Å². The number of ether oxygens (including phenoxy) is 1. The van der Waals surface area contributed by atoms with Gasteiger partial charge in [-0.3, -0.25) is 24.7 Å². The fourth-order valence-corrected chi connectivity index (χ4v) is 5.77. The maximum absolute atomic E-state index is 13.4. The zero-order chi connectivity index (χ0) is 30.1. The van der Waals surface area contributed by atoms with Gasteiger partial charge in [-0.15, -0.1) is 0 Å². The largest absolute Gasteiger partial charge is 0.462 e. The normalized spacial score (nSPS) is 14.0. The summed E-state index contributed by atoms with van der Waals surface area (Å²) in [6.07, 6.45) is 1.17. The van der Waals surface area contributed by atoms with E-state index in [9.17, 15) is 22.8 Å². The molecule has 0 bridgehead atoms. The second-order valence-corrected chi connectivity index (χ2v) is 11.8. The number of nitrogens with zero attached hydrogens (tertiary/aromatic N) is 1. The van der Waals surface area contributed by atoms with Crippen molar-refractivity contribution >= 4 is 44.5 Å². The number of benzene rings is 3. The first kappa shape index (κ1) is 30.7. The van der Waals surface area contributed by atoms with Crippen molar-refractivity contribution in [2.45, 2.75) is 50.2 Å². The summed E-state index contributed by atoms with van der Waals surface area (Å²) in [5.74, 6) is -0.965. The number of sulfonamides is 1. The Morgan fingerprint density at radius 2 is 1.74 bits per heavy atom. The maximum Gasteiger partial charge on any atom is 0.326 e. The molecule has 1 heterocycles. The number of fused-ring (bicyclic) bond motifs is 1. The lowest BCUT2D eigenvalue weighted by atomic mass is 10.1. The van der Waals surface area contributed by atoms with Gasteiger partial charge < -0.3 is 15.4 Å². The molecule has 2 amide bonds. The second kappa shape index (κ2) is 14.1. The van der Waals surface area contributed by atoms with Gasteiger partial charge in [0, 0.05) is 37.0 Å². The van der Waals surface area contributed by atoms with Gasteiger partial charge in [-0.2, -0.15) is 4.72 Å². The average molecular weight is 594 g/mol. The number of aryl methyl sites for hydroxylation is 1. The highest BCUT2D eigenvalue weighted by Crippen LogP contribution is 2.23. The summed E-state index contributed by atoms with van der Waals surface area (Å²) in [5.41, 5.74) is 1.18. The molecule has 3 aromatic rings. The Morgan fingerprint density at radius 1 is 1.00 bits per heavy atom. The summed E-state index contributed by atoms with van der Waals surface area (Å²) < 4.78 is 34.4. The van der Waals surface area contributed by atoms with Gasteiger partial charge in [-0.25, -0.2) is 8.42 Å². The van der Waals surface area contributed by atoms with Crippen molar-refractivity contribution in [1.29, 1.82) is 0 Å². The number of rotatable bonds is 11. The summed E-state index contributed by atoms with van der Waals surface area (Å²) in [7, 11) is -4.15. The minimum Gasteiger partial charge on any atom is -0.462 e. The molecular formula is C30H35N5O6S. The Bertz CT molecular complexity index is 1570. The van der Waals surface area contributed by atoms with Crippen LogP contribution in [0.25, 0.3) is 10.8 Å². The molecule has 12 heteroatoms. The summed E-state index contributed by atoms with van der Waals surface area (Å²) >= 11 is 0. The first-order valence-corrected chi connectivity index (χ1v) is 15.3. The van der Waals surface area contributed by atoms with Crippen LogP contribution in [-0.2, 0) is 30.8 Å². The molecule has 0 unspecified atom stereocenters. The zero-order valence-corrected chi connectivity index (χ0v) is 24.4. The third kappa shape index (κ3) is 8.37. The Hall–Kier alpha value is -4.29. The number of nitrogens with one attached hydrogen (secondary N) is 4. The Balaban J connectivity index is 1.38. The minimum absolute atomic E-state index is 0.0153. The molecule has 0 aromatic heterocycles. The van der Waals surface area contributed by atoms with Gasteiger partial charge in [0.2, 0.25) is 15.9 Å². The highest BCUT2D eigenvalue weighted by molar-refractivity contribution is 7.89. The number of carbonyl (C=O) groups excluding carboxylic acids is 3. The molecule has 1 atom stereocenters. The molecule has 42 heavy (non-hydrogen) atoms. The molecule has 0 radical (unpaired) electrons. The quantitative estimate of drug-likeness (QED) is 0.249. The van der Waals surface area contributed by atoms with Crippen LogP contribution in [0.15, 0.2) is 76.6 Å². The van der Waals surface area contributed by atoms with Gasteiger partial charge in [0.1, 0.15) is 6.04 Å². The maximum atomic E-state index is 13.4. The van der Waals surface area contributed by atoms with Crippen molar-refractivity contribution < 1.29 is 27.5 Å². The van der Waals surface area contributed by atoms with Gasteiger partial charge in [-0.1, -0.05) is 48.5 Å². The summed E-state index contributed by atoms with van der Waals surface area (Å²) in [6, 6.07) is 17.2. The number of carbonyl (C=O) groups is 3. The van der Waals surface area contributed by atoms with Crippen LogP contribution < -0.4 is 20.7 Å². The first-order chi connectivity index (χ1) is 20.1. The smallest absolute Gasteiger partial charge is 0.326 e. The van der Waals surface area contributed by atoms with Gasteiger partial charge in [0.05, 0.1) is 11.0 Å². The van der Waals surface area contributed by atoms with E-state index in [1.807, 2.05) is 0 Å². The van der Waals surface area contributed by atoms with Crippen molar-refractivity contribution in [1.82, 2.24) is 20.7 Å². The van der Waals surface area contributed by atoms with E-state index in [0.717, 1.165) is 23.9 Å². The van der Waals surface area contributed by atoms with Crippen LogP contribution in [0, 0.1) is 0 Å². The molecule has 0 aliphatic carbocycles. The SMILES string of the molecule is CC(C)OC(=O)[C@H](CNC(=O)c1ccc(CCC(=O)NC2=NCCCN2)cc1)NS(=O)(=O)c1cccc2ccccc12. The molecular weight excluding hydrogens is 558 g/mol. The van der Waals surface area contributed by atoms with Gasteiger partial charge >= 0.3 is 5.97 Å². The topological polar surface area (TPSA) is 155 Å². The van der Waals surface area contributed by atoms with Crippen molar-refractivity contribution in [2.75, 3.05) is 19.6 Å². The molecule has 0 spiro atoms. The van der Waals surface area contributed by atoms with E-state index in [-0.39, 0.29) is 23.8 Å². The van der Waals surface area contributed by atoms with Crippen LogP contribution in [0.1, 0.15) is 42.6 Å². The Morgan fingerprint density at radius 3 is 2.45 bits per heavy atom. The second-order valence-electron chi connectivity index (χ2n) is 10.1. The highest BCUT2D eigenvalue weighted by Gasteiger charge is 2.29. The summed E-state index contributed by atoms with van der Waals surface area (Å²) in [5, 5.41) is 9.65. The van der Waals surface area contributed by atoms with Gasteiger partial charge in [0.25, 0.3) is 5.91 Å². The van der Waals surface area contributed by atoms with E-state index in [2.05, 4.69) is 25.7 Å². The summed E-state index contributed by atoms with van der Waals surface area (Å²) in [4.78, 5) is 42.1. The van der Waals surface area contributed by atoms with Crippen LogP contribution in [0.5, 0.6) is 0 Å². The molecule has 11 nitrogen and oxygen atoms in total. The Labute approximate surface area is 245 Å². The van der Waals surface area contributed by atoms with E-state index < -0.39 is 34.0 Å². The van der Waals surface area contributed by atoms with Crippen molar-refractivity contribution in [3.8, 4) is 0 Å². The van der Waals surface area contributed by atoms with Crippen LogP contribution in [-0.4, -0.2) is 63.9 Å². The number of guanidine groups is 1. The molecule has 1 aliphatic rings. The molecule has 1 aliphatic heterocycles. The average Bonchev–Trinajstić information content (AvgIpc) is 2.98. The number of aliphatic imine (C=N–C) groups is 1. The molecule has 4 rings (SSSR count). The fourth-order valence-electron chi connectivity index (χ4n) is 4.36. The molecule has 0 saturated carbocycles. The predicted octanol–water partition coefficient (Wildman–Crippen LogP) is 2.27.